The first-order valence-corrected chi connectivity index (χ1v) is 12.2. The number of carbonyl (C=O) groups excluding carboxylic acids is 2. The Hall–Kier alpha value is -3.43. The monoisotopic (exact) mass is 476 g/mol. The summed E-state index contributed by atoms with van der Waals surface area (Å²) < 4.78 is 6.24. The number of carbonyl (C=O) groups is 2. The zero-order valence-electron chi connectivity index (χ0n) is 17.6. The van der Waals surface area contributed by atoms with Gasteiger partial charge in [0, 0.05) is 12.2 Å². The van der Waals surface area contributed by atoms with Gasteiger partial charge in [-0.2, -0.15) is 0 Å². The summed E-state index contributed by atoms with van der Waals surface area (Å²) in [6.45, 7) is 0.570. The molecule has 0 radical (unpaired) electrons. The molecule has 0 bridgehead atoms. The molecule has 9 heteroatoms. The van der Waals surface area contributed by atoms with Crippen LogP contribution in [-0.2, 0) is 16.0 Å². The summed E-state index contributed by atoms with van der Waals surface area (Å²) in [5.41, 5.74) is 2.18. The van der Waals surface area contributed by atoms with Crippen molar-refractivity contribution in [1.82, 2.24) is 10.2 Å². The van der Waals surface area contributed by atoms with Gasteiger partial charge < -0.3 is 9.64 Å². The van der Waals surface area contributed by atoms with Crippen LogP contribution in [0.4, 0.5) is 10.8 Å². The predicted octanol–water partition coefficient (Wildman–Crippen LogP) is 4.39. The molecule has 0 saturated carbocycles. The first-order valence-electron chi connectivity index (χ1n) is 10.4. The van der Waals surface area contributed by atoms with Gasteiger partial charge >= 0.3 is 0 Å². The average molecular weight is 477 g/mol. The minimum atomic E-state index is -0.319. The fourth-order valence-electron chi connectivity index (χ4n) is 3.68. The zero-order chi connectivity index (χ0) is 22.6. The molecule has 4 aromatic rings. The van der Waals surface area contributed by atoms with Crippen molar-refractivity contribution in [3.63, 3.8) is 0 Å². The van der Waals surface area contributed by atoms with Crippen LogP contribution in [0.15, 0.2) is 71.1 Å². The van der Waals surface area contributed by atoms with Crippen LogP contribution in [0.1, 0.15) is 5.56 Å². The van der Waals surface area contributed by atoms with Crippen LogP contribution in [0.3, 0.4) is 0 Å². The molecule has 1 aromatic heterocycles. The van der Waals surface area contributed by atoms with Gasteiger partial charge in [-0.1, -0.05) is 71.6 Å². The molecule has 0 spiro atoms. The molecule has 166 valence electrons. The highest BCUT2D eigenvalue weighted by Gasteiger charge is 2.24. The molecule has 33 heavy (non-hydrogen) atoms. The Morgan fingerprint density at radius 3 is 2.76 bits per heavy atom. The third-order valence-corrected chi connectivity index (χ3v) is 7.21. The van der Waals surface area contributed by atoms with Gasteiger partial charge in [-0.25, -0.2) is 0 Å². The van der Waals surface area contributed by atoms with Gasteiger partial charge in [-0.3, -0.25) is 14.9 Å². The lowest BCUT2D eigenvalue weighted by Gasteiger charge is -2.16. The molecule has 2 heterocycles. The number of benzene rings is 3. The van der Waals surface area contributed by atoms with Gasteiger partial charge in [0.2, 0.25) is 11.0 Å². The molecule has 1 aliphatic heterocycles. The Morgan fingerprint density at radius 2 is 1.85 bits per heavy atom. The van der Waals surface area contributed by atoms with E-state index in [1.54, 1.807) is 0 Å². The molecular formula is C24H20N4O3S2. The fraction of sp³-hybridized carbons (Fsp3) is 0.167. The quantitative estimate of drug-likeness (QED) is 0.315. The Kier molecular flexibility index (Phi) is 6.23. The van der Waals surface area contributed by atoms with Crippen molar-refractivity contribution in [2.45, 2.75) is 10.8 Å². The van der Waals surface area contributed by atoms with E-state index in [2.05, 4.69) is 21.6 Å². The number of aromatic nitrogens is 2. The van der Waals surface area contributed by atoms with E-state index in [9.17, 15) is 9.59 Å². The Morgan fingerprint density at radius 1 is 1.03 bits per heavy atom. The van der Waals surface area contributed by atoms with Gasteiger partial charge in [-0.05, 0) is 41.0 Å². The number of thioether (sulfide) groups is 1. The molecule has 0 atom stereocenters. The largest absolute Gasteiger partial charge is 0.484 e. The van der Waals surface area contributed by atoms with Crippen LogP contribution in [0.25, 0.3) is 10.8 Å². The van der Waals surface area contributed by atoms with E-state index in [0.717, 1.165) is 22.9 Å². The average Bonchev–Trinajstić information content (AvgIpc) is 3.48. The normalized spacial score (nSPS) is 12.5. The molecular weight excluding hydrogens is 456 g/mol. The van der Waals surface area contributed by atoms with Crippen molar-refractivity contribution in [2.24, 2.45) is 0 Å². The van der Waals surface area contributed by atoms with Crippen molar-refractivity contribution < 1.29 is 14.3 Å². The lowest BCUT2D eigenvalue weighted by molar-refractivity contribution is -0.118. The molecule has 0 saturated heterocycles. The topological polar surface area (TPSA) is 84.4 Å². The Balaban J connectivity index is 1.11. The van der Waals surface area contributed by atoms with E-state index in [0.29, 0.717) is 21.8 Å². The summed E-state index contributed by atoms with van der Waals surface area (Å²) in [7, 11) is 0. The second kappa shape index (κ2) is 9.60. The third kappa shape index (κ3) is 4.99. The predicted molar refractivity (Wildman–Crippen MR) is 131 cm³/mol. The Labute approximate surface area is 198 Å². The summed E-state index contributed by atoms with van der Waals surface area (Å²) in [5, 5.41) is 13.3. The highest BCUT2D eigenvalue weighted by Crippen LogP contribution is 2.30. The van der Waals surface area contributed by atoms with E-state index in [4.69, 9.17) is 4.74 Å². The number of hydrogen-bond acceptors (Lipinski definition) is 7. The number of nitrogens with zero attached hydrogens (tertiary/aromatic N) is 3. The van der Waals surface area contributed by atoms with Crippen molar-refractivity contribution >= 4 is 56.5 Å². The maximum atomic E-state index is 12.6. The molecule has 0 aliphatic carbocycles. The number of para-hydroxylation sites is 1. The van der Waals surface area contributed by atoms with E-state index in [1.807, 2.05) is 65.6 Å². The van der Waals surface area contributed by atoms with E-state index < -0.39 is 0 Å². The maximum absolute atomic E-state index is 12.6. The van der Waals surface area contributed by atoms with Crippen LogP contribution in [0, 0.1) is 0 Å². The molecule has 0 unspecified atom stereocenters. The fourth-order valence-corrected chi connectivity index (χ4v) is 5.32. The van der Waals surface area contributed by atoms with Gasteiger partial charge in [0.15, 0.2) is 10.9 Å². The van der Waals surface area contributed by atoms with E-state index in [1.165, 1.54) is 28.7 Å². The number of hydrogen-bond donors (Lipinski definition) is 1. The molecule has 2 amide bonds. The van der Waals surface area contributed by atoms with Crippen LogP contribution in [-0.4, -0.2) is 40.9 Å². The van der Waals surface area contributed by atoms with Crippen molar-refractivity contribution in [3.05, 3.63) is 72.3 Å². The van der Waals surface area contributed by atoms with Gasteiger partial charge in [0.1, 0.15) is 5.75 Å². The molecule has 1 aliphatic rings. The second-order valence-corrected chi connectivity index (χ2v) is 9.63. The van der Waals surface area contributed by atoms with E-state index >= 15 is 0 Å². The highest BCUT2D eigenvalue weighted by molar-refractivity contribution is 8.01. The minimum absolute atomic E-state index is 0.0366. The molecule has 7 nitrogen and oxygen atoms in total. The van der Waals surface area contributed by atoms with Crippen molar-refractivity contribution in [3.8, 4) is 5.75 Å². The molecule has 3 aromatic carbocycles. The first kappa shape index (κ1) is 21.4. The Bertz CT molecular complexity index is 1320. The maximum Gasteiger partial charge on any atom is 0.264 e. The van der Waals surface area contributed by atoms with Gasteiger partial charge in [0.25, 0.3) is 5.91 Å². The number of rotatable bonds is 7. The van der Waals surface area contributed by atoms with Crippen molar-refractivity contribution in [1.29, 1.82) is 0 Å². The van der Waals surface area contributed by atoms with Crippen molar-refractivity contribution in [2.75, 3.05) is 29.1 Å². The molecule has 1 N–H and O–H groups in total. The van der Waals surface area contributed by atoms with Crippen LogP contribution < -0.4 is 15.0 Å². The standard InChI is InChI=1S/C24H20N4O3S2/c29-21(14-31-19-10-9-16-5-1-2-7-18(16)13-19)25-23-26-27-24(33-23)32-15-22(30)28-12-11-17-6-3-4-8-20(17)28/h1-10,13H,11-12,14-15H2,(H,25,26,29). The summed E-state index contributed by atoms with van der Waals surface area (Å²) in [4.78, 5) is 26.7. The zero-order valence-corrected chi connectivity index (χ0v) is 19.2. The number of amides is 2. The summed E-state index contributed by atoms with van der Waals surface area (Å²) in [6, 6.07) is 21.6. The number of fused-ring (bicyclic) bond motifs is 2. The SMILES string of the molecule is O=C(COc1ccc2ccccc2c1)Nc1nnc(SCC(=O)N2CCc3ccccc32)s1. The molecule has 0 fully saturated rings. The van der Waals surface area contributed by atoms with Gasteiger partial charge in [-0.15, -0.1) is 10.2 Å². The lowest BCUT2D eigenvalue weighted by atomic mass is 10.1. The summed E-state index contributed by atoms with van der Waals surface area (Å²) >= 11 is 2.56. The second-order valence-electron chi connectivity index (χ2n) is 7.43. The van der Waals surface area contributed by atoms with E-state index in [-0.39, 0.29) is 24.2 Å². The van der Waals surface area contributed by atoms with Crippen LogP contribution >= 0.6 is 23.1 Å². The highest BCUT2D eigenvalue weighted by atomic mass is 32.2. The lowest BCUT2D eigenvalue weighted by Crippen LogP contribution is -2.30. The van der Waals surface area contributed by atoms with Gasteiger partial charge in [0.05, 0.1) is 5.75 Å². The minimum Gasteiger partial charge on any atom is -0.484 e. The third-order valence-electron chi connectivity index (χ3n) is 5.25. The smallest absolute Gasteiger partial charge is 0.264 e. The van der Waals surface area contributed by atoms with Crippen LogP contribution in [0.2, 0.25) is 0 Å². The number of nitrogens with one attached hydrogen (secondary N) is 1. The first-order chi connectivity index (χ1) is 16.2. The number of anilines is 2. The molecule has 5 rings (SSSR count). The van der Waals surface area contributed by atoms with Crippen LogP contribution in [0.5, 0.6) is 5.75 Å². The summed E-state index contributed by atoms with van der Waals surface area (Å²) in [5.74, 6) is 0.608. The summed E-state index contributed by atoms with van der Waals surface area (Å²) in [6.07, 6.45) is 0.878. The number of ether oxygens (including phenoxy) is 1.